The molecular weight excluding hydrogens is 434 g/mol. The Bertz CT molecular complexity index is 1120. The molecule has 2 aromatic carbocycles. The average Bonchev–Trinajstić information content (AvgIpc) is 2.96. The lowest BCUT2D eigenvalue weighted by atomic mass is 10.2. The first-order chi connectivity index (χ1) is 16.2. The van der Waals surface area contributed by atoms with E-state index in [0.717, 1.165) is 34.7 Å². The second kappa shape index (κ2) is 11.0. The van der Waals surface area contributed by atoms with E-state index in [2.05, 4.69) is 17.2 Å². The molecule has 170 valence electrons. The highest BCUT2D eigenvalue weighted by atomic mass is 32.2. The van der Waals surface area contributed by atoms with Crippen LogP contribution in [0.25, 0.3) is 0 Å². The van der Waals surface area contributed by atoms with Crippen LogP contribution in [0.1, 0.15) is 42.1 Å². The van der Waals surface area contributed by atoms with Gasteiger partial charge < -0.3 is 15.0 Å². The minimum absolute atomic E-state index is 0.105. The topological polar surface area (TPSA) is 71.5 Å². The smallest absolute Gasteiger partial charge is 0.261 e. The number of hydrogen-bond acceptors (Lipinski definition) is 5. The minimum atomic E-state index is -0.137. The zero-order valence-corrected chi connectivity index (χ0v) is 19.4. The van der Waals surface area contributed by atoms with Gasteiger partial charge in [0.05, 0.1) is 17.9 Å². The van der Waals surface area contributed by atoms with Gasteiger partial charge in [-0.2, -0.15) is 0 Å². The molecule has 0 radical (unpaired) electrons. The van der Waals surface area contributed by atoms with Crippen LogP contribution >= 0.6 is 11.8 Å². The van der Waals surface area contributed by atoms with Gasteiger partial charge in [0.1, 0.15) is 10.8 Å². The van der Waals surface area contributed by atoms with Crippen molar-refractivity contribution in [1.82, 2.24) is 10.3 Å². The van der Waals surface area contributed by atoms with Gasteiger partial charge in [-0.3, -0.25) is 9.59 Å². The Morgan fingerprint density at radius 3 is 2.73 bits per heavy atom. The number of amides is 2. The van der Waals surface area contributed by atoms with E-state index in [9.17, 15) is 9.59 Å². The zero-order chi connectivity index (χ0) is 23.0. The third-order valence-electron chi connectivity index (χ3n) is 5.35. The molecule has 0 spiro atoms. The Kier molecular flexibility index (Phi) is 7.62. The van der Waals surface area contributed by atoms with E-state index in [0.29, 0.717) is 30.3 Å². The predicted molar refractivity (Wildman–Crippen MR) is 130 cm³/mol. The Hall–Kier alpha value is -3.32. The molecule has 33 heavy (non-hydrogen) atoms. The lowest BCUT2D eigenvalue weighted by Gasteiger charge is -2.22. The number of fused-ring (bicyclic) bond motifs is 2. The van der Waals surface area contributed by atoms with Crippen molar-refractivity contribution in [1.29, 1.82) is 0 Å². The van der Waals surface area contributed by atoms with Crippen molar-refractivity contribution in [3.8, 4) is 5.75 Å². The van der Waals surface area contributed by atoms with Crippen LogP contribution < -0.4 is 15.0 Å². The van der Waals surface area contributed by atoms with Crippen LogP contribution in [0.5, 0.6) is 5.75 Å². The van der Waals surface area contributed by atoms with Gasteiger partial charge in [-0.25, -0.2) is 4.98 Å². The van der Waals surface area contributed by atoms with Crippen molar-refractivity contribution in [3.05, 3.63) is 78.0 Å². The molecule has 0 aliphatic carbocycles. The van der Waals surface area contributed by atoms with Gasteiger partial charge in [0, 0.05) is 30.6 Å². The number of hydrogen-bond donors (Lipinski definition) is 1. The van der Waals surface area contributed by atoms with Crippen LogP contribution in [0.4, 0.5) is 5.69 Å². The number of rotatable bonds is 9. The van der Waals surface area contributed by atoms with Gasteiger partial charge in [-0.05, 0) is 48.4 Å². The van der Waals surface area contributed by atoms with E-state index in [-0.39, 0.29) is 18.2 Å². The van der Waals surface area contributed by atoms with Crippen molar-refractivity contribution in [2.24, 2.45) is 0 Å². The molecule has 3 aromatic rings. The maximum absolute atomic E-state index is 13.2. The van der Waals surface area contributed by atoms with E-state index in [1.54, 1.807) is 23.2 Å². The molecule has 0 bridgehead atoms. The van der Waals surface area contributed by atoms with Gasteiger partial charge in [0.2, 0.25) is 5.91 Å². The molecule has 4 rings (SSSR count). The van der Waals surface area contributed by atoms with Gasteiger partial charge >= 0.3 is 0 Å². The van der Waals surface area contributed by atoms with Gasteiger partial charge in [-0.15, -0.1) is 0 Å². The third kappa shape index (κ3) is 5.73. The molecule has 1 N–H and O–H groups in total. The first-order valence-corrected chi connectivity index (χ1v) is 12.0. The summed E-state index contributed by atoms with van der Waals surface area (Å²) >= 11 is 1.48. The van der Waals surface area contributed by atoms with Gasteiger partial charge in [0.15, 0.2) is 0 Å². The van der Waals surface area contributed by atoms with E-state index >= 15 is 0 Å². The molecule has 7 heteroatoms. The summed E-state index contributed by atoms with van der Waals surface area (Å²) in [6.07, 6.45) is 4.02. The third-order valence-corrected chi connectivity index (χ3v) is 6.44. The largest absolute Gasteiger partial charge is 0.494 e. The van der Waals surface area contributed by atoms with Crippen molar-refractivity contribution in [3.63, 3.8) is 0 Å². The van der Waals surface area contributed by atoms with Crippen LogP contribution in [-0.2, 0) is 11.3 Å². The van der Waals surface area contributed by atoms with Crippen molar-refractivity contribution in [2.45, 2.75) is 42.7 Å². The second-order valence-corrected chi connectivity index (χ2v) is 8.79. The highest BCUT2D eigenvalue weighted by molar-refractivity contribution is 7.99. The monoisotopic (exact) mass is 461 g/mol. The molecule has 0 unspecified atom stereocenters. The van der Waals surface area contributed by atoms with Gasteiger partial charge in [0.25, 0.3) is 5.91 Å². The zero-order valence-electron chi connectivity index (χ0n) is 18.6. The molecule has 1 aliphatic rings. The van der Waals surface area contributed by atoms with Gasteiger partial charge in [-0.1, -0.05) is 49.4 Å². The molecule has 1 aliphatic heterocycles. The minimum Gasteiger partial charge on any atom is -0.494 e. The maximum atomic E-state index is 13.2. The number of unbranched alkanes of at least 4 members (excludes halogenated alkanes) is 1. The predicted octanol–water partition coefficient (Wildman–Crippen LogP) is 5.08. The SMILES string of the molecule is CCCCOc1ccc(CNC(=O)CCN2C(=O)c3cccnc3Sc3ccccc32)cc1. The number of carbonyl (C=O) groups excluding carboxylic acids is 2. The Morgan fingerprint density at radius 2 is 1.91 bits per heavy atom. The number of pyridine rings is 1. The summed E-state index contributed by atoms with van der Waals surface area (Å²) < 4.78 is 5.68. The fraction of sp³-hybridized carbons (Fsp3) is 0.269. The normalized spacial score (nSPS) is 12.5. The molecule has 2 amide bonds. The fourth-order valence-electron chi connectivity index (χ4n) is 3.52. The summed E-state index contributed by atoms with van der Waals surface area (Å²) in [6, 6.07) is 19.0. The number of ether oxygens (including phenoxy) is 1. The van der Waals surface area contributed by atoms with Crippen molar-refractivity contribution in [2.75, 3.05) is 18.1 Å². The van der Waals surface area contributed by atoms with Crippen molar-refractivity contribution < 1.29 is 14.3 Å². The number of nitrogens with one attached hydrogen (secondary N) is 1. The highest BCUT2D eigenvalue weighted by Crippen LogP contribution is 2.40. The molecule has 2 heterocycles. The van der Waals surface area contributed by atoms with E-state index in [1.807, 2.05) is 48.5 Å². The molecule has 0 atom stereocenters. The molecule has 6 nitrogen and oxygen atoms in total. The standard InChI is InChI=1S/C26H27N3O3S/c1-2-3-17-32-20-12-10-19(11-13-20)18-28-24(30)14-16-29-22-8-4-5-9-23(22)33-25-21(26(29)31)7-6-15-27-25/h4-13,15H,2-3,14,16-18H2,1H3,(H,28,30). The summed E-state index contributed by atoms with van der Waals surface area (Å²) in [5.74, 6) is 0.596. The summed E-state index contributed by atoms with van der Waals surface area (Å²) in [7, 11) is 0. The number of benzene rings is 2. The number of nitrogens with zero attached hydrogens (tertiary/aromatic N) is 2. The van der Waals surface area contributed by atoms with Crippen LogP contribution in [-0.4, -0.2) is 29.9 Å². The summed E-state index contributed by atoms with van der Waals surface area (Å²) in [5.41, 5.74) is 2.36. The number of anilines is 1. The average molecular weight is 462 g/mol. The van der Waals surface area contributed by atoms with E-state index < -0.39 is 0 Å². The fourth-order valence-corrected chi connectivity index (χ4v) is 4.54. The lowest BCUT2D eigenvalue weighted by molar-refractivity contribution is -0.121. The first kappa shape index (κ1) is 22.9. The quantitative estimate of drug-likeness (QED) is 0.450. The molecule has 0 saturated carbocycles. The summed E-state index contributed by atoms with van der Waals surface area (Å²) in [6.45, 7) is 3.57. The van der Waals surface area contributed by atoms with Crippen molar-refractivity contribution >= 4 is 29.3 Å². The Labute approximate surface area is 198 Å². The Balaban J connectivity index is 1.36. The molecular formula is C26H27N3O3S. The van der Waals surface area contributed by atoms with E-state index in [4.69, 9.17) is 4.74 Å². The maximum Gasteiger partial charge on any atom is 0.261 e. The summed E-state index contributed by atoms with van der Waals surface area (Å²) in [4.78, 5) is 32.8. The Morgan fingerprint density at radius 1 is 1.09 bits per heavy atom. The van der Waals surface area contributed by atoms with Crippen LogP contribution in [0.15, 0.2) is 76.8 Å². The molecule has 0 fully saturated rings. The summed E-state index contributed by atoms with van der Waals surface area (Å²) in [5, 5.41) is 3.63. The van der Waals surface area contributed by atoms with Crippen LogP contribution in [0, 0.1) is 0 Å². The molecule has 0 saturated heterocycles. The molecule has 1 aromatic heterocycles. The van der Waals surface area contributed by atoms with Crippen LogP contribution in [0.2, 0.25) is 0 Å². The first-order valence-electron chi connectivity index (χ1n) is 11.2. The van der Waals surface area contributed by atoms with Crippen LogP contribution in [0.3, 0.4) is 0 Å². The number of carbonyl (C=O) groups is 2. The number of aromatic nitrogens is 1. The lowest BCUT2D eigenvalue weighted by Crippen LogP contribution is -2.35. The second-order valence-electron chi connectivity index (χ2n) is 7.76. The van der Waals surface area contributed by atoms with E-state index in [1.165, 1.54) is 11.8 Å². The highest BCUT2D eigenvalue weighted by Gasteiger charge is 2.28. The number of para-hydroxylation sites is 1.